The molecule has 0 bridgehead atoms. The summed E-state index contributed by atoms with van der Waals surface area (Å²) in [4.78, 5) is 16.6. The van der Waals surface area contributed by atoms with Gasteiger partial charge in [0.2, 0.25) is 0 Å². The Morgan fingerprint density at radius 2 is 1.59 bits per heavy atom. The normalized spacial score (nSPS) is 28.4. The van der Waals surface area contributed by atoms with Crippen LogP contribution in [0.1, 0.15) is 55.3 Å². The van der Waals surface area contributed by atoms with Gasteiger partial charge in [-0.25, -0.2) is 8.78 Å². The number of carbonyl (C=O) groups is 1. The fraction of sp³-hybridized carbons (Fsp3) is 0.667. The lowest BCUT2D eigenvalue weighted by Gasteiger charge is -2.44. The van der Waals surface area contributed by atoms with Gasteiger partial charge in [0.05, 0.1) is 0 Å². The summed E-state index contributed by atoms with van der Waals surface area (Å²) in [6.45, 7) is 2.67. The van der Waals surface area contributed by atoms with E-state index in [0.29, 0.717) is 11.6 Å². The molecule has 2 heterocycles. The Hall–Kier alpha value is -1.69. The van der Waals surface area contributed by atoms with Gasteiger partial charge >= 0.3 is 0 Å². The largest absolute Gasteiger partial charge is 0.490 e. The van der Waals surface area contributed by atoms with Crippen LogP contribution in [0.3, 0.4) is 0 Å². The van der Waals surface area contributed by atoms with E-state index >= 15 is 0 Å². The number of likely N-dealkylation sites (tertiary alicyclic amines) is 2. The SMILES string of the molecule is O=C(c1ccc(OC2CC(N3CCCCC3)C2)cc1)N1CCC(F)(F)CC1. The number of carbonyl (C=O) groups excluding carboxylic acids is 1. The van der Waals surface area contributed by atoms with Crippen LogP contribution < -0.4 is 4.74 Å². The van der Waals surface area contributed by atoms with E-state index < -0.39 is 5.92 Å². The Bertz CT molecular complexity index is 643. The second-order valence-corrected chi connectivity index (χ2v) is 8.13. The Morgan fingerprint density at radius 3 is 2.22 bits per heavy atom. The molecule has 0 N–H and O–H groups in total. The third-order valence-corrected chi connectivity index (χ3v) is 6.16. The smallest absolute Gasteiger partial charge is 0.253 e. The Balaban J connectivity index is 1.25. The third-order valence-electron chi connectivity index (χ3n) is 6.16. The molecule has 4 rings (SSSR count). The van der Waals surface area contributed by atoms with E-state index in [1.54, 1.807) is 12.1 Å². The highest BCUT2D eigenvalue weighted by molar-refractivity contribution is 5.94. The average molecular weight is 378 g/mol. The van der Waals surface area contributed by atoms with Crippen molar-refractivity contribution in [1.82, 2.24) is 9.80 Å². The van der Waals surface area contributed by atoms with Crippen LogP contribution in [-0.4, -0.2) is 60.0 Å². The van der Waals surface area contributed by atoms with Crippen LogP contribution in [0.15, 0.2) is 24.3 Å². The maximum Gasteiger partial charge on any atom is 0.253 e. The first-order chi connectivity index (χ1) is 13.0. The number of rotatable bonds is 4. The summed E-state index contributed by atoms with van der Waals surface area (Å²) in [6.07, 6.45) is 5.87. The highest BCUT2D eigenvalue weighted by Gasteiger charge is 2.36. The molecule has 0 aromatic heterocycles. The van der Waals surface area contributed by atoms with E-state index in [9.17, 15) is 13.6 Å². The predicted molar refractivity (Wildman–Crippen MR) is 99.4 cm³/mol. The number of benzene rings is 1. The van der Waals surface area contributed by atoms with Crippen molar-refractivity contribution in [3.8, 4) is 5.75 Å². The summed E-state index contributed by atoms with van der Waals surface area (Å²) in [7, 11) is 0. The standard InChI is InChI=1S/C21H28F2N2O2/c22-21(23)8-12-25(13-9-21)20(26)16-4-6-18(7-5-16)27-19-14-17(15-19)24-10-2-1-3-11-24/h4-7,17,19H,1-3,8-15H2. The molecule has 1 aromatic carbocycles. The lowest BCUT2D eigenvalue weighted by atomic mass is 9.86. The van der Waals surface area contributed by atoms with Crippen molar-refractivity contribution in [2.45, 2.75) is 63.0 Å². The van der Waals surface area contributed by atoms with E-state index in [1.165, 1.54) is 37.3 Å². The summed E-state index contributed by atoms with van der Waals surface area (Å²) in [5.74, 6) is -2.03. The zero-order valence-electron chi connectivity index (χ0n) is 15.7. The molecule has 0 unspecified atom stereocenters. The number of alkyl halides is 2. The molecule has 3 fully saturated rings. The lowest BCUT2D eigenvalue weighted by molar-refractivity contribution is -0.0494. The maximum absolute atomic E-state index is 13.2. The van der Waals surface area contributed by atoms with E-state index in [2.05, 4.69) is 4.90 Å². The van der Waals surface area contributed by atoms with Crippen molar-refractivity contribution in [1.29, 1.82) is 0 Å². The molecule has 148 valence electrons. The van der Waals surface area contributed by atoms with Gasteiger partial charge in [-0.3, -0.25) is 4.79 Å². The van der Waals surface area contributed by atoms with Crippen LogP contribution in [0.4, 0.5) is 8.78 Å². The van der Waals surface area contributed by atoms with Crippen LogP contribution in [-0.2, 0) is 0 Å². The minimum Gasteiger partial charge on any atom is -0.490 e. The molecule has 6 heteroatoms. The molecule has 3 aliphatic rings. The van der Waals surface area contributed by atoms with Crippen molar-refractivity contribution >= 4 is 5.91 Å². The summed E-state index contributed by atoms with van der Waals surface area (Å²) in [6, 6.07) is 7.78. The summed E-state index contributed by atoms with van der Waals surface area (Å²) in [5, 5.41) is 0. The first kappa shape index (κ1) is 18.7. The minimum atomic E-state index is -2.64. The molecule has 1 amide bonds. The van der Waals surface area contributed by atoms with Crippen molar-refractivity contribution < 1.29 is 18.3 Å². The maximum atomic E-state index is 13.2. The molecule has 2 saturated heterocycles. The molecular weight excluding hydrogens is 350 g/mol. The van der Waals surface area contributed by atoms with Crippen LogP contribution in [0.2, 0.25) is 0 Å². The highest BCUT2D eigenvalue weighted by Crippen LogP contribution is 2.32. The number of ether oxygens (including phenoxy) is 1. The number of halogens is 2. The number of amides is 1. The van der Waals surface area contributed by atoms with E-state index in [0.717, 1.165) is 18.6 Å². The fourth-order valence-electron chi connectivity index (χ4n) is 4.30. The van der Waals surface area contributed by atoms with Gasteiger partial charge in [0.15, 0.2) is 0 Å². The van der Waals surface area contributed by atoms with Gasteiger partial charge in [-0.2, -0.15) is 0 Å². The molecule has 1 aromatic rings. The minimum absolute atomic E-state index is 0.115. The van der Waals surface area contributed by atoms with Crippen LogP contribution >= 0.6 is 0 Å². The molecular formula is C21H28F2N2O2. The van der Waals surface area contributed by atoms with Crippen molar-refractivity contribution in [3.63, 3.8) is 0 Å². The zero-order valence-corrected chi connectivity index (χ0v) is 15.7. The third kappa shape index (κ3) is 4.42. The molecule has 27 heavy (non-hydrogen) atoms. The molecule has 1 saturated carbocycles. The van der Waals surface area contributed by atoms with Gasteiger partial charge < -0.3 is 14.5 Å². The topological polar surface area (TPSA) is 32.8 Å². The van der Waals surface area contributed by atoms with E-state index in [4.69, 9.17) is 4.74 Å². The molecule has 0 atom stereocenters. The van der Waals surface area contributed by atoms with Gasteiger partial charge in [-0.05, 0) is 50.2 Å². The van der Waals surface area contributed by atoms with Gasteiger partial charge in [0, 0.05) is 50.4 Å². The number of hydrogen-bond donors (Lipinski definition) is 0. The predicted octanol–water partition coefficient (Wildman–Crippen LogP) is 3.95. The lowest BCUT2D eigenvalue weighted by Crippen LogP contribution is -2.50. The van der Waals surface area contributed by atoms with Gasteiger partial charge in [-0.15, -0.1) is 0 Å². The van der Waals surface area contributed by atoms with Crippen LogP contribution in [0.5, 0.6) is 5.75 Å². The number of nitrogens with zero attached hydrogens (tertiary/aromatic N) is 2. The van der Waals surface area contributed by atoms with E-state index in [1.807, 2.05) is 12.1 Å². The Labute approximate surface area is 159 Å². The van der Waals surface area contributed by atoms with E-state index in [-0.39, 0.29) is 37.9 Å². The van der Waals surface area contributed by atoms with Crippen LogP contribution in [0.25, 0.3) is 0 Å². The molecule has 1 aliphatic carbocycles. The first-order valence-corrected chi connectivity index (χ1v) is 10.2. The second kappa shape index (κ2) is 7.74. The monoisotopic (exact) mass is 378 g/mol. The Kier molecular flexibility index (Phi) is 5.35. The van der Waals surface area contributed by atoms with Gasteiger partial charge in [0.1, 0.15) is 11.9 Å². The summed E-state index contributed by atoms with van der Waals surface area (Å²) < 4.78 is 32.5. The molecule has 2 aliphatic heterocycles. The average Bonchev–Trinajstić information content (AvgIpc) is 2.65. The summed E-state index contributed by atoms with van der Waals surface area (Å²) in [5.41, 5.74) is 0.535. The first-order valence-electron chi connectivity index (χ1n) is 10.2. The quantitative estimate of drug-likeness (QED) is 0.795. The Morgan fingerprint density at radius 1 is 0.963 bits per heavy atom. The number of hydrogen-bond acceptors (Lipinski definition) is 3. The zero-order chi connectivity index (χ0) is 18.9. The molecule has 0 spiro atoms. The molecule has 4 nitrogen and oxygen atoms in total. The van der Waals surface area contributed by atoms with Crippen molar-refractivity contribution in [3.05, 3.63) is 29.8 Å². The number of piperidine rings is 2. The van der Waals surface area contributed by atoms with Gasteiger partial charge in [-0.1, -0.05) is 6.42 Å². The van der Waals surface area contributed by atoms with Gasteiger partial charge in [0.25, 0.3) is 11.8 Å². The summed E-state index contributed by atoms with van der Waals surface area (Å²) >= 11 is 0. The van der Waals surface area contributed by atoms with Crippen LogP contribution in [0, 0.1) is 0 Å². The molecule has 0 radical (unpaired) electrons. The van der Waals surface area contributed by atoms with Crippen molar-refractivity contribution in [2.24, 2.45) is 0 Å². The second-order valence-electron chi connectivity index (χ2n) is 8.13. The fourth-order valence-corrected chi connectivity index (χ4v) is 4.30. The van der Waals surface area contributed by atoms with Crippen molar-refractivity contribution in [2.75, 3.05) is 26.2 Å². The highest BCUT2D eigenvalue weighted by atomic mass is 19.3.